The molecule has 0 amide bonds. The van der Waals surface area contributed by atoms with Gasteiger partial charge < -0.3 is 14.9 Å². The van der Waals surface area contributed by atoms with Crippen LogP contribution in [0.3, 0.4) is 0 Å². The molecule has 0 aromatic rings. The van der Waals surface area contributed by atoms with Crippen molar-refractivity contribution in [1.29, 1.82) is 0 Å². The van der Waals surface area contributed by atoms with Gasteiger partial charge in [-0.15, -0.1) is 0 Å². The van der Waals surface area contributed by atoms with Gasteiger partial charge >= 0.3 is 0 Å². The molecule has 1 saturated heterocycles. The van der Waals surface area contributed by atoms with Crippen molar-refractivity contribution < 1.29 is 14.9 Å². The maximum atomic E-state index is 9.06. The topological polar surface area (TPSA) is 49.7 Å². The number of aliphatic hydroxyl groups is 2. The third kappa shape index (κ3) is 1.41. The van der Waals surface area contributed by atoms with Gasteiger partial charge in [-0.2, -0.15) is 0 Å². The van der Waals surface area contributed by atoms with E-state index in [9.17, 15) is 0 Å². The van der Waals surface area contributed by atoms with E-state index in [4.69, 9.17) is 14.9 Å². The van der Waals surface area contributed by atoms with Crippen molar-refractivity contribution in [1.82, 2.24) is 0 Å². The molecule has 0 bridgehead atoms. The molecule has 1 heterocycles. The third-order valence-corrected chi connectivity index (χ3v) is 1.66. The zero-order chi connectivity index (χ0) is 6.85. The number of rotatable bonds is 1. The summed E-state index contributed by atoms with van der Waals surface area (Å²) in [5.41, 5.74) is 0. The fourth-order valence-corrected chi connectivity index (χ4v) is 1.03. The van der Waals surface area contributed by atoms with Gasteiger partial charge in [0.05, 0.1) is 24.9 Å². The van der Waals surface area contributed by atoms with Crippen LogP contribution in [0.25, 0.3) is 0 Å². The minimum Gasteiger partial charge on any atom is -0.394 e. The van der Waals surface area contributed by atoms with Gasteiger partial charge in [-0.05, 0) is 6.92 Å². The van der Waals surface area contributed by atoms with Crippen LogP contribution in [-0.4, -0.2) is 35.1 Å². The smallest absolute Gasteiger partial charge is 0.0836 e. The predicted octanol–water partition coefficient (Wildman–Crippen LogP) is -0.483. The molecule has 3 nitrogen and oxygen atoms in total. The largest absolute Gasteiger partial charge is 0.394 e. The molecule has 1 aliphatic heterocycles. The van der Waals surface area contributed by atoms with Crippen LogP contribution in [0, 0.1) is 0 Å². The first-order valence-corrected chi connectivity index (χ1v) is 3.18. The van der Waals surface area contributed by atoms with Crippen molar-refractivity contribution in [2.24, 2.45) is 0 Å². The van der Waals surface area contributed by atoms with Gasteiger partial charge in [-0.1, -0.05) is 0 Å². The molecular formula is C6H12O3. The van der Waals surface area contributed by atoms with Crippen LogP contribution in [-0.2, 0) is 4.74 Å². The Labute approximate surface area is 54.3 Å². The van der Waals surface area contributed by atoms with Crippen molar-refractivity contribution in [3.63, 3.8) is 0 Å². The molecule has 0 spiro atoms. The van der Waals surface area contributed by atoms with Crippen LogP contribution < -0.4 is 0 Å². The standard InChI is InChI=1S/C6H12O3/c1-4-6(8)2-5(3-7)9-4/h4-8H,2-3H2,1H3/t4?,5-,6+/m0/s1. The van der Waals surface area contributed by atoms with E-state index in [0.717, 1.165) is 0 Å². The first kappa shape index (κ1) is 6.99. The van der Waals surface area contributed by atoms with E-state index in [1.807, 2.05) is 0 Å². The van der Waals surface area contributed by atoms with Crippen LogP contribution >= 0.6 is 0 Å². The number of hydrogen-bond donors (Lipinski definition) is 2. The molecular weight excluding hydrogens is 120 g/mol. The maximum Gasteiger partial charge on any atom is 0.0836 e. The van der Waals surface area contributed by atoms with Gasteiger partial charge in [0.25, 0.3) is 0 Å². The highest BCUT2D eigenvalue weighted by atomic mass is 16.5. The summed E-state index contributed by atoms with van der Waals surface area (Å²) < 4.78 is 5.12. The van der Waals surface area contributed by atoms with E-state index in [-0.39, 0.29) is 24.9 Å². The fraction of sp³-hybridized carbons (Fsp3) is 1.00. The average Bonchev–Trinajstić information content (AvgIpc) is 2.13. The Balaban J connectivity index is 2.35. The van der Waals surface area contributed by atoms with Gasteiger partial charge in [0, 0.05) is 6.42 Å². The highest BCUT2D eigenvalue weighted by Gasteiger charge is 2.29. The molecule has 3 heteroatoms. The van der Waals surface area contributed by atoms with Crippen molar-refractivity contribution in [3.8, 4) is 0 Å². The fourth-order valence-electron chi connectivity index (χ4n) is 1.03. The van der Waals surface area contributed by atoms with Crippen molar-refractivity contribution in [2.45, 2.75) is 31.7 Å². The predicted molar refractivity (Wildman–Crippen MR) is 32.0 cm³/mol. The van der Waals surface area contributed by atoms with Crippen LogP contribution in [0.2, 0.25) is 0 Å². The normalized spacial score (nSPS) is 43.7. The number of hydrogen-bond acceptors (Lipinski definition) is 3. The Hall–Kier alpha value is -0.120. The zero-order valence-corrected chi connectivity index (χ0v) is 5.45. The Morgan fingerprint density at radius 3 is 2.56 bits per heavy atom. The molecule has 9 heavy (non-hydrogen) atoms. The Morgan fingerprint density at radius 1 is 1.67 bits per heavy atom. The van der Waals surface area contributed by atoms with Crippen molar-refractivity contribution in [2.75, 3.05) is 6.61 Å². The summed E-state index contributed by atoms with van der Waals surface area (Å²) in [6, 6.07) is 0. The summed E-state index contributed by atoms with van der Waals surface area (Å²) in [5.74, 6) is 0. The quantitative estimate of drug-likeness (QED) is 0.506. The highest BCUT2D eigenvalue weighted by Crippen LogP contribution is 2.18. The molecule has 0 aliphatic carbocycles. The highest BCUT2D eigenvalue weighted by molar-refractivity contribution is 4.77. The molecule has 1 unspecified atom stereocenters. The second-order valence-corrected chi connectivity index (χ2v) is 2.45. The number of aliphatic hydroxyl groups excluding tert-OH is 2. The SMILES string of the molecule is CC1O[C@H](CO)C[C@H]1O. The van der Waals surface area contributed by atoms with E-state index in [2.05, 4.69) is 0 Å². The minimum absolute atomic E-state index is 0.0153. The summed E-state index contributed by atoms with van der Waals surface area (Å²) in [6.45, 7) is 1.82. The first-order chi connectivity index (χ1) is 4.24. The van der Waals surface area contributed by atoms with Crippen LogP contribution in [0.4, 0.5) is 0 Å². The van der Waals surface area contributed by atoms with Gasteiger partial charge in [0.2, 0.25) is 0 Å². The van der Waals surface area contributed by atoms with Crippen LogP contribution in [0.15, 0.2) is 0 Å². The molecule has 54 valence electrons. The molecule has 0 radical (unpaired) electrons. The average molecular weight is 132 g/mol. The lowest BCUT2D eigenvalue weighted by atomic mass is 10.2. The molecule has 2 N–H and O–H groups in total. The van der Waals surface area contributed by atoms with Crippen LogP contribution in [0.1, 0.15) is 13.3 Å². The summed E-state index contributed by atoms with van der Waals surface area (Å²) in [7, 11) is 0. The maximum absolute atomic E-state index is 9.06. The van der Waals surface area contributed by atoms with Gasteiger partial charge in [-0.3, -0.25) is 0 Å². The Bertz CT molecular complexity index is 84.3. The summed E-state index contributed by atoms with van der Waals surface area (Å²) >= 11 is 0. The molecule has 0 aromatic heterocycles. The third-order valence-electron chi connectivity index (χ3n) is 1.66. The molecule has 1 aliphatic rings. The van der Waals surface area contributed by atoms with Gasteiger partial charge in [0.15, 0.2) is 0 Å². The first-order valence-electron chi connectivity index (χ1n) is 3.18. The summed E-state index contributed by atoms with van der Waals surface area (Å²) in [5, 5.41) is 17.6. The van der Waals surface area contributed by atoms with Crippen molar-refractivity contribution in [3.05, 3.63) is 0 Å². The zero-order valence-electron chi connectivity index (χ0n) is 5.45. The lowest BCUT2D eigenvalue weighted by Crippen LogP contribution is -2.15. The second kappa shape index (κ2) is 2.64. The number of ether oxygens (including phenoxy) is 1. The van der Waals surface area contributed by atoms with Gasteiger partial charge in [0.1, 0.15) is 0 Å². The molecule has 1 rings (SSSR count). The Kier molecular flexibility index (Phi) is 2.05. The van der Waals surface area contributed by atoms with Crippen molar-refractivity contribution >= 4 is 0 Å². The molecule has 0 saturated carbocycles. The monoisotopic (exact) mass is 132 g/mol. The van der Waals surface area contributed by atoms with E-state index in [1.54, 1.807) is 6.92 Å². The second-order valence-electron chi connectivity index (χ2n) is 2.45. The molecule has 0 aromatic carbocycles. The van der Waals surface area contributed by atoms with Gasteiger partial charge in [-0.25, -0.2) is 0 Å². The van der Waals surface area contributed by atoms with E-state index in [0.29, 0.717) is 6.42 Å². The Morgan fingerprint density at radius 2 is 2.33 bits per heavy atom. The van der Waals surface area contributed by atoms with E-state index >= 15 is 0 Å². The summed E-state index contributed by atoms with van der Waals surface area (Å²) in [4.78, 5) is 0. The molecule has 3 atom stereocenters. The summed E-state index contributed by atoms with van der Waals surface area (Å²) in [6.07, 6.45) is -0.0724. The lowest BCUT2D eigenvalue weighted by molar-refractivity contribution is 0.000607. The van der Waals surface area contributed by atoms with E-state index < -0.39 is 0 Å². The lowest BCUT2D eigenvalue weighted by Gasteiger charge is -2.05. The van der Waals surface area contributed by atoms with E-state index in [1.165, 1.54) is 0 Å². The molecule has 1 fully saturated rings. The van der Waals surface area contributed by atoms with Crippen LogP contribution in [0.5, 0.6) is 0 Å². The minimum atomic E-state index is -0.387.